The highest BCUT2D eigenvalue weighted by Gasteiger charge is 2.20. The highest BCUT2D eigenvalue weighted by atomic mass is 33.1. The molecule has 1 saturated heterocycles. The number of aliphatic hydroxyl groups excluding tert-OH is 4. The predicted octanol–water partition coefficient (Wildman–Crippen LogP) is 22.4. The number of unbranched alkanes of at least 4 members (excludes halogenated alkanes) is 28. The zero-order valence-corrected chi connectivity index (χ0v) is 66.7. The quantitative estimate of drug-likeness (QED) is 0.0201. The van der Waals surface area contributed by atoms with Crippen LogP contribution in [0, 0.1) is 0 Å². The molecule has 0 aromatic carbocycles. The Labute approximate surface area is 621 Å². The predicted molar refractivity (Wildman–Crippen MR) is 438 cm³/mol. The Morgan fingerprint density at radius 1 is 0.354 bits per heavy atom. The van der Waals surface area contributed by atoms with Gasteiger partial charge in [-0.15, -0.1) is 0 Å². The van der Waals surface area contributed by atoms with Crippen LogP contribution >= 0.6 is 21.6 Å². The van der Waals surface area contributed by atoms with Gasteiger partial charge in [-0.3, -0.25) is 24.4 Å². The van der Waals surface area contributed by atoms with Gasteiger partial charge in [0.2, 0.25) is 0 Å². The molecule has 0 bridgehead atoms. The second kappa shape index (κ2) is 76.9. The van der Waals surface area contributed by atoms with Crippen molar-refractivity contribution >= 4 is 27.6 Å². The van der Waals surface area contributed by atoms with Crippen molar-refractivity contribution in [2.45, 2.75) is 354 Å². The lowest BCUT2D eigenvalue weighted by Crippen LogP contribution is -2.47. The summed E-state index contributed by atoms with van der Waals surface area (Å²) in [7, 11) is 3.94. The average molecular weight is 1420 g/mol. The molecular weight excluding hydrogens is 1260 g/mol. The molecule has 576 valence electrons. The fourth-order valence-corrected chi connectivity index (χ4v) is 15.0. The highest BCUT2D eigenvalue weighted by molar-refractivity contribution is 8.76. The fraction of sp³-hybridized carbons (Fsp3) is 0.805. The van der Waals surface area contributed by atoms with E-state index in [0.717, 1.165) is 179 Å². The lowest BCUT2D eigenvalue weighted by atomic mass is 10.1. The Balaban J connectivity index is 2.49. The minimum Gasteiger partial charge on any atom is -0.464 e. The number of nitrogens with zero attached hydrogens (tertiary/aromatic N) is 4. The standard InChI is InChI=1S/C87H160N4O6S2/c1-5-9-13-17-21-25-29-33-37-41-45-49-53-57-63-83(92)79-90(80-84(93)64-58-54-50-46-42-38-34-30-26-22-18-14-10-6-2)68-61-67-87(96)97-76-74-88-70-72-89(73-71-88)75-78-99-98-77-62-69-91(81-85(94)65-59-55-51-47-43-39-35-31-27-23-19-15-11-7-3)82-86(95)66-60-56-52-48-44-40-36-32-28-24-20-16-12-8-4/h9-10,13-14,21-22,25-26,33-40,83-86,92-95H,5-8,11-12,15-20,23-24,27-32,41-82H2,1-4H3/b13-9-,14-10-,25-21-,26-22-,37-33-,38-34-,39-35-,40-36-/t83-,84-,85+,86+/m1/s1. The van der Waals surface area contributed by atoms with Gasteiger partial charge >= 0.3 is 5.97 Å². The van der Waals surface area contributed by atoms with Crippen molar-refractivity contribution in [3.63, 3.8) is 0 Å². The van der Waals surface area contributed by atoms with E-state index in [1.165, 1.54) is 167 Å². The molecule has 0 radical (unpaired) electrons. The van der Waals surface area contributed by atoms with Crippen molar-refractivity contribution in [2.75, 3.05) is 96.6 Å². The molecule has 1 rings (SSSR count). The third kappa shape index (κ3) is 69.9. The summed E-state index contributed by atoms with van der Waals surface area (Å²) in [5.74, 6) is 2.00. The number of rotatable bonds is 75. The van der Waals surface area contributed by atoms with Crippen molar-refractivity contribution in [1.29, 1.82) is 0 Å². The first-order valence-corrected chi connectivity index (χ1v) is 44.4. The van der Waals surface area contributed by atoms with E-state index in [-0.39, 0.29) is 18.2 Å². The van der Waals surface area contributed by atoms with Crippen LogP contribution < -0.4 is 0 Å². The van der Waals surface area contributed by atoms with Gasteiger partial charge in [0.05, 0.1) is 24.4 Å². The summed E-state index contributed by atoms with van der Waals surface area (Å²) in [6.07, 6.45) is 88.0. The smallest absolute Gasteiger partial charge is 0.305 e. The fourth-order valence-electron chi connectivity index (χ4n) is 12.9. The van der Waals surface area contributed by atoms with E-state index < -0.39 is 12.2 Å². The van der Waals surface area contributed by atoms with E-state index in [1.54, 1.807) is 0 Å². The molecule has 0 spiro atoms. The molecule has 1 heterocycles. The average Bonchev–Trinajstić information content (AvgIpc) is 1.94. The summed E-state index contributed by atoms with van der Waals surface area (Å²) >= 11 is 0. The maximum Gasteiger partial charge on any atom is 0.305 e. The molecule has 0 saturated carbocycles. The summed E-state index contributed by atoms with van der Waals surface area (Å²) < 4.78 is 5.78. The maximum absolute atomic E-state index is 13.0. The monoisotopic (exact) mass is 1420 g/mol. The van der Waals surface area contributed by atoms with Crippen molar-refractivity contribution in [3.05, 3.63) is 97.2 Å². The number of hydrogen-bond acceptors (Lipinski definition) is 12. The van der Waals surface area contributed by atoms with Crippen LogP contribution in [-0.2, 0) is 9.53 Å². The maximum atomic E-state index is 13.0. The molecule has 4 N–H and O–H groups in total. The van der Waals surface area contributed by atoms with E-state index in [2.05, 4.69) is 145 Å². The molecule has 0 unspecified atom stereocenters. The van der Waals surface area contributed by atoms with Crippen molar-refractivity contribution in [2.24, 2.45) is 0 Å². The Morgan fingerprint density at radius 3 is 1.01 bits per heavy atom. The third-order valence-electron chi connectivity index (χ3n) is 19.1. The topological polar surface area (TPSA) is 120 Å². The minimum absolute atomic E-state index is 0.160. The highest BCUT2D eigenvalue weighted by Crippen LogP contribution is 2.23. The van der Waals surface area contributed by atoms with Crippen LogP contribution in [0.3, 0.4) is 0 Å². The Bertz CT molecular complexity index is 1830. The summed E-state index contributed by atoms with van der Waals surface area (Å²) in [5, 5.41) is 44.8. The SMILES string of the molecule is CC/C=C\C/C=C\C/C=C\CCCCCC[C@@H](O)CN(CCCC(=O)OCCN1CCN(CCSSCCCN(C[C@@H](O)CCCCCC/C=C\CCCCCCCC)C[C@@H](O)CCCCCC/C=C\CCCCCCCC)CC1)C[C@H](O)CCCCCC/C=C\C/C=C\C/C=C\CC. The van der Waals surface area contributed by atoms with E-state index in [1.807, 2.05) is 21.6 Å². The first-order valence-electron chi connectivity index (χ1n) is 41.9. The van der Waals surface area contributed by atoms with Crippen LogP contribution in [-0.4, -0.2) is 167 Å². The number of aliphatic hydroxyl groups is 4. The Hall–Kier alpha value is -2.23. The Morgan fingerprint density at radius 2 is 0.646 bits per heavy atom. The van der Waals surface area contributed by atoms with Crippen molar-refractivity contribution in [3.8, 4) is 0 Å². The molecule has 1 aliphatic heterocycles. The normalized spacial score (nSPS) is 15.2. The van der Waals surface area contributed by atoms with Gasteiger partial charge in [0.25, 0.3) is 0 Å². The number of ether oxygens (including phenoxy) is 1. The molecule has 99 heavy (non-hydrogen) atoms. The number of esters is 1. The van der Waals surface area contributed by atoms with E-state index in [9.17, 15) is 25.2 Å². The van der Waals surface area contributed by atoms with Gasteiger partial charge in [0, 0.05) is 83.4 Å². The first kappa shape index (κ1) is 94.8. The van der Waals surface area contributed by atoms with Crippen LogP contribution in [0.1, 0.15) is 329 Å². The van der Waals surface area contributed by atoms with E-state index in [4.69, 9.17) is 4.74 Å². The van der Waals surface area contributed by atoms with Gasteiger partial charge in [-0.2, -0.15) is 0 Å². The molecule has 0 amide bonds. The second-order valence-corrected chi connectivity index (χ2v) is 31.5. The van der Waals surface area contributed by atoms with Gasteiger partial charge < -0.3 is 25.2 Å². The van der Waals surface area contributed by atoms with Gasteiger partial charge in [-0.1, -0.05) is 288 Å². The number of hydrogen-bond donors (Lipinski definition) is 4. The zero-order chi connectivity index (χ0) is 71.5. The molecule has 0 aromatic heterocycles. The van der Waals surface area contributed by atoms with Gasteiger partial charge in [0.1, 0.15) is 6.61 Å². The summed E-state index contributed by atoms with van der Waals surface area (Å²) in [5.41, 5.74) is 0. The minimum atomic E-state index is -0.451. The van der Waals surface area contributed by atoms with Crippen molar-refractivity contribution < 1.29 is 30.0 Å². The van der Waals surface area contributed by atoms with E-state index >= 15 is 0 Å². The number of carbonyl (C=O) groups is 1. The summed E-state index contributed by atoms with van der Waals surface area (Å²) in [6.45, 7) is 19.1. The molecule has 1 fully saturated rings. The first-order chi connectivity index (χ1) is 48.7. The molecule has 1 aliphatic rings. The number of piperazine rings is 1. The van der Waals surface area contributed by atoms with Gasteiger partial charge in [-0.25, -0.2) is 0 Å². The van der Waals surface area contributed by atoms with Crippen LogP contribution in [0.15, 0.2) is 97.2 Å². The zero-order valence-electron chi connectivity index (χ0n) is 65.1. The van der Waals surface area contributed by atoms with Crippen LogP contribution in [0.2, 0.25) is 0 Å². The van der Waals surface area contributed by atoms with Crippen LogP contribution in [0.5, 0.6) is 0 Å². The molecule has 12 heteroatoms. The third-order valence-corrected chi connectivity index (χ3v) is 21.6. The summed E-state index contributed by atoms with van der Waals surface area (Å²) in [6, 6.07) is 0. The van der Waals surface area contributed by atoms with Crippen LogP contribution in [0.25, 0.3) is 0 Å². The molecule has 0 aliphatic carbocycles. The molecular formula is C87H160N4O6S2. The lowest BCUT2D eigenvalue weighted by Gasteiger charge is -2.34. The van der Waals surface area contributed by atoms with E-state index in [0.29, 0.717) is 52.2 Å². The molecule has 4 atom stereocenters. The summed E-state index contributed by atoms with van der Waals surface area (Å²) in [4.78, 5) is 22.6. The largest absolute Gasteiger partial charge is 0.464 e. The van der Waals surface area contributed by atoms with Crippen LogP contribution in [0.4, 0.5) is 0 Å². The lowest BCUT2D eigenvalue weighted by molar-refractivity contribution is -0.144. The van der Waals surface area contributed by atoms with Crippen molar-refractivity contribution in [1.82, 2.24) is 19.6 Å². The number of carbonyl (C=O) groups excluding carboxylic acids is 1. The molecule has 10 nitrogen and oxygen atoms in total. The second-order valence-electron chi connectivity index (χ2n) is 28.7. The molecule has 0 aromatic rings. The van der Waals surface area contributed by atoms with Gasteiger partial charge in [-0.05, 0) is 167 Å². The Kier molecular flexibility index (Phi) is 73.6. The van der Waals surface area contributed by atoms with Gasteiger partial charge in [0.15, 0.2) is 0 Å². The number of allylic oxidation sites excluding steroid dienone is 16.